The summed E-state index contributed by atoms with van der Waals surface area (Å²) in [5.74, 6) is -0.414. The number of rotatable bonds is 4. The lowest BCUT2D eigenvalue weighted by Crippen LogP contribution is -2.44. The molecule has 1 aliphatic rings. The van der Waals surface area contributed by atoms with Crippen molar-refractivity contribution in [3.05, 3.63) is 12.2 Å². The molecule has 1 aliphatic carbocycles. The molecule has 1 rings (SSSR count). The van der Waals surface area contributed by atoms with E-state index in [9.17, 15) is 4.79 Å². The first-order valence-corrected chi connectivity index (χ1v) is 4.39. The van der Waals surface area contributed by atoms with Gasteiger partial charge in [0.05, 0.1) is 13.7 Å². The van der Waals surface area contributed by atoms with Gasteiger partial charge in [-0.3, -0.25) is 10.1 Å². The number of carbonyl (C=O) groups excluding carboxylic acids is 1. The molecular formula is C9H15NO3. The van der Waals surface area contributed by atoms with Crippen molar-refractivity contribution < 1.29 is 14.6 Å². The van der Waals surface area contributed by atoms with Crippen molar-refractivity contribution in [1.29, 1.82) is 0 Å². The van der Waals surface area contributed by atoms with Crippen LogP contribution in [-0.4, -0.2) is 36.9 Å². The SMILES string of the molecule is COC(=O)C(CO)NC1C=CCC1. The van der Waals surface area contributed by atoms with Crippen molar-refractivity contribution in [2.24, 2.45) is 0 Å². The summed E-state index contributed by atoms with van der Waals surface area (Å²) in [5.41, 5.74) is 0. The van der Waals surface area contributed by atoms with Crippen LogP contribution in [0.2, 0.25) is 0 Å². The number of esters is 1. The Kier molecular flexibility index (Phi) is 3.92. The van der Waals surface area contributed by atoms with E-state index in [0.717, 1.165) is 12.8 Å². The van der Waals surface area contributed by atoms with Gasteiger partial charge in [0.1, 0.15) is 6.04 Å². The molecule has 2 unspecified atom stereocenters. The lowest BCUT2D eigenvalue weighted by molar-refractivity contribution is -0.144. The number of aliphatic hydroxyl groups excluding tert-OH is 1. The monoisotopic (exact) mass is 185 g/mol. The van der Waals surface area contributed by atoms with Crippen LogP contribution in [0.3, 0.4) is 0 Å². The number of aliphatic hydroxyl groups is 1. The van der Waals surface area contributed by atoms with Crippen molar-refractivity contribution in [3.63, 3.8) is 0 Å². The summed E-state index contributed by atoms with van der Waals surface area (Å²) >= 11 is 0. The fraction of sp³-hybridized carbons (Fsp3) is 0.667. The van der Waals surface area contributed by atoms with Crippen LogP contribution in [0.5, 0.6) is 0 Å². The molecule has 13 heavy (non-hydrogen) atoms. The van der Waals surface area contributed by atoms with Gasteiger partial charge in [-0.2, -0.15) is 0 Å². The first kappa shape index (κ1) is 10.2. The normalized spacial score (nSPS) is 23.1. The summed E-state index contributed by atoms with van der Waals surface area (Å²) in [6.07, 6.45) is 6.07. The Morgan fingerprint density at radius 1 is 1.85 bits per heavy atom. The quantitative estimate of drug-likeness (QED) is 0.471. The number of ether oxygens (including phenoxy) is 1. The predicted octanol–water partition coefficient (Wildman–Crippen LogP) is -0.172. The van der Waals surface area contributed by atoms with Gasteiger partial charge in [-0.1, -0.05) is 12.2 Å². The van der Waals surface area contributed by atoms with Gasteiger partial charge in [-0.15, -0.1) is 0 Å². The van der Waals surface area contributed by atoms with E-state index in [0.29, 0.717) is 0 Å². The van der Waals surface area contributed by atoms with E-state index in [1.54, 1.807) is 0 Å². The van der Waals surface area contributed by atoms with E-state index in [1.807, 2.05) is 6.08 Å². The van der Waals surface area contributed by atoms with Gasteiger partial charge in [0.25, 0.3) is 0 Å². The maximum absolute atomic E-state index is 11.1. The average molecular weight is 185 g/mol. The van der Waals surface area contributed by atoms with Crippen LogP contribution in [0.15, 0.2) is 12.2 Å². The zero-order valence-electron chi connectivity index (χ0n) is 7.69. The van der Waals surface area contributed by atoms with Crippen LogP contribution in [0.1, 0.15) is 12.8 Å². The Bertz CT molecular complexity index is 203. The lowest BCUT2D eigenvalue weighted by Gasteiger charge is -2.17. The van der Waals surface area contributed by atoms with Gasteiger partial charge in [0, 0.05) is 6.04 Å². The van der Waals surface area contributed by atoms with Gasteiger partial charge in [0.2, 0.25) is 0 Å². The molecule has 0 aromatic rings. The summed E-state index contributed by atoms with van der Waals surface area (Å²) in [7, 11) is 1.32. The van der Waals surface area contributed by atoms with Crippen LogP contribution in [-0.2, 0) is 9.53 Å². The fourth-order valence-corrected chi connectivity index (χ4v) is 1.37. The number of nitrogens with one attached hydrogen (secondary N) is 1. The summed E-state index contributed by atoms with van der Waals surface area (Å²) in [6.45, 7) is -0.225. The summed E-state index contributed by atoms with van der Waals surface area (Å²) in [4.78, 5) is 11.1. The Morgan fingerprint density at radius 3 is 3.08 bits per heavy atom. The Hall–Kier alpha value is -0.870. The molecule has 4 nitrogen and oxygen atoms in total. The molecule has 2 N–H and O–H groups in total. The van der Waals surface area contributed by atoms with Crippen molar-refractivity contribution in [3.8, 4) is 0 Å². The van der Waals surface area contributed by atoms with Crippen molar-refractivity contribution >= 4 is 5.97 Å². The number of hydrogen-bond donors (Lipinski definition) is 2. The van der Waals surface area contributed by atoms with Gasteiger partial charge in [0.15, 0.2) is 0 Å². The number of methoxy groups -OCH3 is 1. The molecule has 0 saturated carbocycles. The van der Waals surface area contributed by atoms with E-state index >= 15 is 0 Å². The molecule has 2 atom stereocenters. The molecule has 0 aromatic carbocycles. The van der Waals surface area contributed by atoms with Crippen molar-refractivity contribution in [1.82, 2.24) is 5.32 Å². The summed E-state index contributed by atoms with van der Waals surface area (Å²) < 4.78 is 4.53. The highest BCUT2D eigenvalue weighted by Crippen LogP contribution is 2.09. The maximum atomic E-state index is 11.1. The van der Waals surface area contributed by atoms with Gasteiger partial charge < -0.3 is 9.84 Å². The largest absolute Gasteiger partial charge is 0.468 e. The third-order valence-corrected chi connectivity index (χ3v) is 2.10. The van der Waals surface area contributed by atoms with E-state index in [-0.39, 0.29) is 12.6 Å². The minimum atomic E-state index is -0.599. The predicted molar refractivity (Wildman–Crippen MR) is 48.2 cm³/mol. The second kappa shape index (κ2) is 4.99. The molecule has 0 radical (unpaired) electrons. The fourth-order valence-electron chi connectivity index (χ4n) is 1.37. The molecule has 0 amide bonds. The van der Waals surface area contributed by atoms with E-state index in [1.165, 1.54) is 7.11 Å². The summed E-state index contributed by atoms with van der Waals surface area (Å²) in [5, 5.41) is 11.9. The van der Waals surface area contributed by atoms with Crippen LogP contribution >= 0.6 is 0 Å². The Balaban J connectivity index is 2.38. The Labute approximate surface area is 77.6 Å². The van der Waals surface area contributed by atoms with Crippen LogP contribution in [0.25, 0.3) is 0 Å². The van der Waals surface area contributed by atoms with Gasteiger partial charge in [-0.25, -0.2) is 0 Å². The standard InChI is InChI=1S/C9H15NO3/c1-13-9(12)8(6-11)10-7-4-2-3-5-7/h2,4,7-8,10-11H,3,5-6H2,1H3. The molecule has 0 saturated heterocycles. The average Bonchev–Trinajstić information content (AvgIpc) is 2.65. The molecule has 0 aromatic heterocycles. The lowest BCUT2D eigenvalue weighted by atomic mass is 10.2. The number of carbonyl (C=O) groups is 1. The van der Waals surface area contributed by atoms with Crippen LogP contribution in [0.4, 0.5) is 0 Å². The second-order valence-corrected chi connectivity index (χ2v) is 3.04. The first-order chi connectivity index (χ1) is 6.27. The smallest absolute Gasteiger partial charge is 0.325 e. The third-order valence-electron chi connectivity index (χ3n) is 2.10. The van der Waals surface area contributed by atoms with E-state index in [2.05, 4.69) is 16.1 Å². The zero-order chi connectivity index (χ0) is 9.68. The van der Waals surface area contributed by atoms with Crippen molar-refractivity contribution in [2.75, 3.05) is 13.7 Å². The topological polar surface area (TPSA) is 58.6 Å². The number of allylic oxidation sites excluding steroid dienone is 1. The maximum Gasteiger partial charge on any atom is 0.325 e. The van der Waals surface area contributed by atoms with E-state index < -0.39 is 12.0 Å². The summed E-state index contributed by atoms with van der Waals surface area (Å²) in [6, 6.07) is -0.408. The minimum absolute atomic E-state index is 0.191. The third kappa shape index (κ3) is 2.82. The van der Waals surface area contributed by atoms with Crippen molar-refractivity contribution in [2.45, 2.75) is 24.9 Å². The van der Waals surface area contributed by atoms with E-state index in [4.69, 9.17) is 5.11 Å². The highest BCUT2D eigenvalue weighted by atomic mass is 16.5. The first-order valence-electron chi connectivity index (χ1n) is 4.39. The molecule has 4 heteroatoms. The molecule has 0 aliphatic heterocycles. The number of hydrogen-bond acceptors (Lipinski definition) is 4. The highest BCUT2D eigenvalue weighted by Gasteiger charge is 2.21. The van der Waals surface area contributed by atoms with Gasteiger partial charge >= 0.3 is 5.97 Å². The minimum Gasteiger partial charge on any atom is -0.468 e. The molecule has 0 bridgehead atoms. The van der Waals surface area contributed by atoms with Gasteiger partial charge in [-0.05, 0) is 12.8 Å². The second-order valence-electron chi connectivity index (χ2n) is 3.04. The molecule has 74 valence electrons. The zero-order valence-corrected chi connectivity index (χ0v) is 7.69. The molecule has 0 spiro atoms. The molecule has 0 heterocycles. The molecular weight excluding hydrogens is 170 g/mol. The molecule has 0 fully saturated rings. The highest BCUT2D eigenvalue weighted by molar-refractivity contribution is 5.75. The Morgan fingerprint density at radius 2 is 2.62 bits per heavy atom. The van der Waals surface area contributed by atoms with Crippen LogP contribution in [0, 0.1) is 0 Å². The van der Waals surface area contributed by atoms with Crippen LogP contribution < -0.4 is 5.32 Å².